The lowest BCUT2D eigenvalue weighted by atomic mass is 9.91. The van der Waals surface area contributed by atoms with Crippen LogP contribution in [0.5, 0.6) is 0 Å². The first-order chi connectivity index (χ1) is 21.7. The van der Waals surface area contributed by atoms with Crippen molar-refractivity contribution < 1.29 is 0 Å². The Balaban J connectivity index is 1.38. The van der Waals surface area contributed by atoms with Crippen molar-refractivity contribution in [2.24, 2.45) is 0 Å². The number of allylic oxidation sites excluding steroid dienone is 2. The van der Waals surface area contributed by atoms with Gasteiger partial charge in [-0.05, 0) is 95.1 Å². The molecular formula is C40H32N4. The molecule has 0 bridgehead atoms. The monoisotopic (exact) mass is 568 g/mol. The molecule has 1 unspecified atom stereocenters. The van der Waals surface area contributed by atoms with E-state index in [1.165, 1.54) is 43.6 Å². The van der Waals surface area contributed by atoms with Crippen LogP contribution in [0.15, 0.2) is 151 Å². The number of pyridine rings is 1. The van der Waals surface area contributed by atoms with Gasteiger partial charge in [-0.1, -0.05) is 84.9 Å². The normalized spacial score (nSPS) is 14.6. The van der Waals surface area contributed by atoms with Gasteiger partial charge in [0.2, 0.25) is 0 Å². The minimum Gasteiger partial charge on any atom is -0.367 e. The van der Waals surface area contributed by atoms with E-state index in [0.717, 1.165) is 28.4 Å². The second-order valence-electron chi connectivity index (χ2n) is 11.5. The highest BCUT2D eigenvalue weighted by molar-refractivity contribution is 6.27. The van der Waals surface area contributed by atoms with E-state index in [1.54, 1.807) is 0 Å². The SMILES string of the molecule is CC1=CNC(N(c2ccccc2)c2ccc3ccc4c(N(c5ccccc5)c5ccc(C)cn5)ccc5ccc2c3c54)C=C1. The minimum atomic E-state index is -0.0173. The molecule has 7 aromatic rings. The molecule has 0 saturated carbocycles. The molecule has 0 amide bonds. The van der Waals surface area contributed by atoms with Crippen LogP contribution in [0.2, 0.25) is 0 Å². The van der Waals surface area contributed by atoms with Crippen molar-refractivity contribution in [2.45, 2.75) is 20.0 Å². The topological polar surface area (TPSA) is 31.4 Å². The van der Waals surface area contributed by atoms with Crippen LogP contribution in [0.25, 0.3) is 32.3 Å². The Morgan fingerprint density at radius 2 is 1.23 bits per heavy atom. The molecule has 0 spiro atoms. The molecule has 1 aromatic heterocycles. The van der Waals surface area contributed by atoms with Gasteiger partial charge in [0.25, 0.3) is 0 Å². The van der Waals surface area contributed by atoms with Crippen molar-refractivity contribution in [1.29, 1.82) is 0 Å². The van der Waals surface area contributed by atoms with Crippen LogP contribution >= 0.6 is 0 Å². The summed E-state index contributed by atoms with van der Waals surface area (Å²) < 4.78 is 0. The van der Waals surface area contributed by atoms with Crippen LogP contribution in [-0.2, 0) is 0 Å². The van der Waals surface area contributed by atoms with E-state index in [-0.39, 0.29) is 6.17 Å². The molecule has 1 N–H and O–H groups in total. The van der Waals surface area contributed by atoms with Gasteiger partial charge in [0.05, 0.1) is 11.4 Å². The third-order valence-corrected chi connectivity index (χ3v) is 8.59. The van der Waals surface area contributed by atoms with Gasteiger partial charge in [0.1, 0.15) is 12.0 Å². The zero-order chi connectivity index (χ0) is 29.6. The number of rotatable bonds is 6. The molecule has 4 heteroatoms. The molecule has 0 radical (unpaired) electrons. The van der Waals surface area contributed by atoms with Gasteiger partial charge in [0.15, 0.2) is 0 Å². The zero-order valence-corrected chi connectivity index (χ0v) is 24.8. The molecule has 0 saturated heterocycles. The molecule has 1 atom stereocenters. The molecular weight excluding hydrogens is 536 g/mol. The van der Waals surface area contributed by atoms with Gasteiger partial charge < -0.3 is 10.2 Å². The maximum absolute atomic E-state index is 4.87. The molecule has 1 aliphatic rings. The number of hydrogen-bond acceptors (Lipinski definition) is 4. The van der Waals surface area contributed by atoms with E-state index in [9.17, 15) is 0 Å². The summed E-state index contributed by atoms with van der Waals surface area (Å²) in [4.78, 5) is 9.54. The number of anilines is 5. The average Bonchev–Trinajstić information content (AvgIpc) is 3.07. The summed E-state index contributed by atoms with van der Waals surface area (Å²) in [7, 11) is 0. The Morgan fingerprint density at radius 1 is 0.614 bits per heavy atom. The zero-order valence-electron chi connectivity index (χ0n) is 24.8. The number of nitrogens with one attached hydrogen (secondary N) is 1. The average molecular weight is 569 g/mol. The molecule has 6 aromatic carbocycles. The number of para-hydroxylation sites is 2. The third-order valence-electron chi connectivity index (χ3n) is 8.59. The Morgan fingerprint density at radius 3 is 1.84 bits per heavy atom. The van der Waals surface area contributed by atoms with Crippen molar-refractivity contribution in [1.82, 2.24) is 10.3 Å². The maximum Gasteiger partial charge on any atom is 0.137 e. The minimum absolute atomic E-state index is 0.0173. The van der Waals surface area contributed by atoms with Crippen molar-refractivity contribution in [3.05, 3.63) is 157 Å². The van der Waals surface area contributed by atoms with E-state index in [4.69, 9.17) is 4.98 Å². The predicted octanol–water partition coefficient (Wildman–Crippen LogP) is 10.3. The smallest absolute Gasteiger partial charge is 0.137 e. The lowest BCUT2D eigenvalue weighted by molar-refractivity contribution is 0.697. The van der Waals surface area contributed by atoms with Crippen molar-refractivity contribution in [3.63, 3.8) is 0 Å². The summed E-state index contributed by atoms with van der Waals surface area (Å²) in [5, 5.41) is 11.0. The first-order valence-corrected chi connectivity index (χ1v) is 15.1. The molecule has 4 nitrogen and oxygen atoms in total. The largest absolute Gasteiger partial charge is 0.367 e. The second-order valence-corrected chi connectivity index (χ2v) is 11.5. The Kier molecular flexibility index (Phi) is 6.27. The van der Waals surface area contributed by atoms with E-state index in [0.29, 0.717) is 0 Å². The van der Waals surface area contributed by atoms with Gasteiger partial charge in [-0.2, -0.15) is 0 Å². The first-order valence-electron chi connectivity index (χ1n) is 15.1. The van der Waals surface area contributed by atoms with Crippen molar-refractivity contribution in [3.8, 4) is 0 Å². The highest BCUT2D eigenvalue weighted by Gasteiger charge is 2.24. The highest BCUT2D eigenvalue weighted by atomic mass is 15.3. The Bertz CT molecular complexity index is 2170. The fraction of sp³-hybridized carbons (Fsp3) is 0.0750. The van der Waals surface area contributed by atoms with Crippen LogP contribution < -0.4 is 15.1 Å². The standard InChI is InChI=1S/C40H32N4/c1-27-13-23-37(41-25-27)43(31-9-5-3-6-10-31)35-21-17-29-16-20-34-36(22-18-30-15-19-33(35)39(29)40(30)34)44(32-11-7-4-8-12-32)38-24-14-28(2)26-42-38/h3-26,37,41H,1-2H3. The van der Waals surface area contributed by atoms with E-state index < -0.39 is 0 Å². The van der Waals surface area contributed by atoms with Gasteiger partial charge in [-0.25, -0.2) is 4.98 Å². The molecule has 0 fully saturated rings. The van der Waals surface area contributed by atoms with Crippen LogP contribution in [0.3, 0.4) is 0 Å². The van der Waals surface area contributed by atoms with Crippen LogP contribution in [0.1, 0.15) is 12.5 Å². The van der Waals surface area contributed by atoms with Gasteiger partial charge in [-0.3, -0.25) is 4.90 Å². The fourth-order valence-corrected chi connectivity index (χ4v) is 6.50. The molecule has 2 heterocycles. The number of hydrogen-bond donors (Lipinski definition) is 1. The lowest BCUT2D eigenvalue weighted by Crippen LogP contribution is -2.40. The van der Waals surface area contributed by atoms with Crippen LogP contribution in [0.4, 0.5) is 28.6 Å². The number of benzene rings is 6. The molecule has 0 aliphatic carbocycles. The highest BCUT2D eigenvalue weighted by Crippen LogP contribution is 2.46. The maximum atomic E-state index is 4.87. The summed E-state index contributed by atoms with van der Waals surface area (Å²) in [6.07, 6.45) is 8.45. The first kappa shape index (κ1) is 26.1. The summed E-state index contributed by atoms with van der Waals surface area (Å²) in [6.45, 7) is 4.19. The molecule has 1 aliphatic heterocycles. The molecule has 44 heavy (non-hydrogen) atoms. The van der Waals surface area contributed by atoms with E-state index in [1.807, 2.05) is 6.20 Å². The Labute approximate surface area is 257 Å². The molecule has 212 valence electrons. The summed E-state index contributed by atoms with van der Waals surface area (Å²) in [5.41, 5.74) is 6.84. The Hall–Kier alpha value is -5.61. The number of nitrogens with zero attached hydrogens (tertiary/aromatic N) is 3. The van der Waals surface area contributed by atoms with Gasteiger partial charge in [0, 0.05) is 34.5 Å². The quantitative estimate of drug-likeness (QED) is 0.202. The van der Waals surface area contributed by atoms with E-state index >= 15 is 0 Å². The summed E-state index contributed by atoms with van der Waals surface area (Å²) in [6, 6.07) is 43.5. The lowest BCUT2D eigenvalue weighted by Gasteiger charge is -2.35. The number of aromatic nitrogens is 1. The number of dihydropyridines is 1. The second kappa shape index (κ2) is 10.6. The van der Waals surface area contributed by atoms with Gasteiger partial charge >= 0.3 is 0 Å². The van der Waals surface area contributed by atoms with Crippen LogP contribution in [0, 0.1) is 6.92 Å². The number of aryl methyl sites for hydroxylation is 1. The van der Waals surface area contributed by atoms with Crippen molar-refractivity contribution in [2.75, 3.05) is 9.80 Å². The predicted molar refractivity (Wildman–Crippen MR) is 186 cm³/mol. The third kappa shape index (κ3) is 4.35. The van der Waals surface area contributed by atoms with Crippen LogP contribution in [-0.4, -0.2) is 11.1 Å². The molecule has 8 rings (SSSR count). The fourth-order valence-electron chi connectivity index (χ4n) is 6.50. The van der Waals surface area contributed by atoms with E-state index in [2.05, 4.69) is 169 Å². The van der Waals surface area contributed by atoms with Crippen molar-refractivity contribution >= 4 is 60.9 Å². The summed E-state index contributed by atoms with van der Waals surface area (Å²) >= 11 is 0. The summed E-state index contributed by atoms with van der Waals surface area (Å²) in [5.74, 6) is 0.895. The van der Waals surface area contributed by atoms with Gasteiger partial charge in [-0.15, -0.1) is 0 Å².